The van der Waals surface area contributed by atoms with Crippen molar-refractivity contribution >= 4 is 11.6 Å². The molecule has 1 saturated heterocycles. The molecule has 6 nitrogen and oxygen atoms in total. The van der Waals surface area contributed by atoms with Crippen molar-refractivity contribution in [3.05, 3.63) is 11.9 Å². The zero-order chi connectivity index (χ0) is 14.5. The number of carbonyl (C=O) groups excluding carboxylic acids is 1. The molecule has 2 rings (SSSR count). The Kier molecular flexibility index (Phi) is 5.00. The van der Waals surface area contributed by atoms with E-state index in [-0.39, 0.29) is 5.91 Å². The number of nitrogens with zero attached hydrogens (tertiary/aromatic N) is 3. The molecule has 1 aromatic heterocycles. The molecule has 20 heavy (non-hydrogen) atoms. The number of nitrogens with two attached hydrogens (primary N) is 1. The zero-order valence-corrected chi connectivity index (χ0v) is 12.4. The summed E-state index contributed by atoms with van der Waals surface area (Å²) in [7, 11) is 1.75. The van der Waals surface area contributed by atoms with Crippen LogP contribution >= 0.6 is 0 Å². The Hall–Kier alpha value is -1.56. The highest BCUT2D eigenvalue weighted by Gasteiger charge is 2.18. The summed E-state index contributed by atoms with van der Waals surface area (Å²) in [5, 5.41) is 6.95. The Bertz CT molecular complexity index is 456. The summed E-state index contributed by atoms with van der Waals surface area (Å²) in [4.78, 5) is 14.4. The summed E-state index contributed by atoms with van der Waals surface area (Å²) >= 11 is 0. The molecular weight excluding hydrogens is 254 g/mol. The van der Waals surface area contributed by atoms with Crippen LogP contribution in [0.2, 0.25) is 0 Å². The van der Waals surface area contributed by atoms with Crippen molar-refractivity contribution in [2.45, 2.75) is 38.6 Å². The molecule has 2 heterocycles. The van der Waals surface area contributed by atoms with E-state index in [1.165, 1.54) is 25.8 Å². The van der Waals surface area contributed by atoms with Gasteiger partial charge >= 0.3 is 0 Å². The van der Waals surface area contributed by atoms with E-state index in [2.05, 4.69) is 22.2 Å². The van der Waals surface area contributed by atoms with E-state index in [0.29, 0.717) is 24.0 Å². The van der Waals surface area contributed by atoms with Crippen LogP contribution < -0.4 is 11.1 Å². The monoisotopic (exact) mass is 279 g/mol. The molecule has 0 radical (unpaired) electrons. The first-order valence-electron chi connectivity index (χ1n) is 7.39. The van der Waals surface area contributed by atoms with Gasteiger partial charge in [0.15, 0.2) is 5.69 Å². The molecule has 1 aliphatic rings. The highest BCUT2D eigenvalue weighted by atomic mass is 16.1. The van der Waals surface area contributed by atoms with Gasteiger partial charge in [-0.3, -0.25) is 9.48 Å². The summed E-state index contributed by atoms with van der Waals surface area (Å²) in [6.45, 7) is 5.17. The summed E-state index contributed by atoms with van der Waals surface area (Å²) < 4.78 is 1.56. The molecule has 0 bridgehead atoms. The maximum absolute atomic E-state index is 11.9. The summed E-state index contributed by atoms with van der Waals surface area (Å²) in [6.07, 6.45) is 6.53. The zero-order valence-electron chi connectivity index (χ0n) is 12.4. The van der Waals surface area contributed by atoms with Crippen LogP contribution in [0.15, 0.2) is 6.20 Å². The number of aryl methyl sites for hydroxylation is 1. The number of anilines is 1. The highest BCUT2D eigenvalue weighted by Crippen LogP contribution is 2.16. The van der Waals surface area contributed by atoms with Gasteiger partial charge in [-0.1, -0.05) is 6.42 Å². The average Bonchev–Trinajstić information content (AvgIpc) is 2.75. The van der Waals surface area contributed by atoms with E-state index < -0.39 is 0 Å². The first kappa shape index (κ1) is 14.8. The van der Waals surface area contributed by atoms with Crippen LogP contribution in [0, 0.1) is 0 Å². The number of aromatic nitrogens is 2. The van der Waals surface area contributed by atoms with Gasteiger partial charge in [-0.25, -0.2) is 0 Å². The Morgan fingerprint density at radius 1 is 1.55 bits per heavy atom. The minimum absolute atomic E-state index is 0.185. The lowest BCUT2D eigenvalue weighted by atomic mass is 10.0. The van der Waals surface area contributed by atoms with Crippen molar-refractivity contribution in [2.24, 2.45) is 7.05 Å². The van der Waals surface area contributed by atoms with Crippen molar-refractivity contribution in [3.8, 4) is 0 Å². The predicted molar refractivity (Wildman–Crippen MR) is 79.5 cm³/mol. The minimum Gasteiger partial charge on any atom is -0.396 e. The second-order valence-electron chi connectivity index (χ2n) is 5.60. The fourth-order valence-corrected chi connectivity index (χ4v) is 2.74. The van der Waals surface area contributed by atoms with E-state index >= 15 is 0 Å². The maximum atomic E-state index is 11.9. The van der Waals surface area contributed by atoms with Gasteiger partial charge in [0.2, 0.25) is 0 Å². The molecule has 0 aromatic carbocycles. The summed E-state index contributed by atoms with van der Waals surface area (Å²) in [5.74, 6) is -0.185. The molecule has 1 aromatic rings. The Morgan fingerprint density at radius 3 is 3.00 bits per heavy atom. The number of likely N-dealkylation sites (tertiary alicyclic amines) is 1. The van der Waals surface area contributed by atoms with Crippen molar-refractivity contribution in [1.29, 1.82) is 0 Å². The lowest BCUT2D eigenvalue weighted by molar-refractivity contribution is 0.0944. The van der Waals surface area contributed by atoms with E-state index in [9.17, 15) is 4.79 Å². The molecule has 1 aliphatic heterocycles. The van der Waals surface area contributed by atoms with Crippen molar-refractivity contribution in [1.82, 2.24) is 20.0 Å². The quantitative estimate of drug-likeness (QED) is 0.788. The van der Waals surface area contributed by atoms with E-state index in [1.54, 1.807) is 17.9 Å². The van der Waals surface area contributed by atoms with Crippen LogP contribution in [0.25, 0.3) is 0 Å². The van der Waals surface area contributed by atoms with Crippen LogP contribution in [-0.4, -0.2) is 46.3 Å². The third-order valence-electron chi connectivity index (χ3n) is 3.92. The number of amides is 1. The van der Waals surface area contributed by atoms with Gasteiger partial charge in [0.25, 0.3) is 5.91 Å². The van der Waals surface area contributed by atoms with Crippen molar-refractivity contribution in [3.63, 3.8) is 0 Å². The molecule has 0 spiro atoms. The highest BCUT2D eigenvalue weighted by molar-refractivity contribution is 5.96. The standard InChI is InChI=1S/C14H25N5O/c1-11-6-3-4-8-19(11)9-5-7-16-14(20)13-12(15)10-18(2)17-13/h10-11H,3-9,15H2,1-2H3,(H,16,20). The molecule has 112 valence electrons. The fourth-order valence-electron chi connectivity index (χ4n) is 2.74. The lowest BCUT2D eigenvalue weighted by Gasteiger charge is -2.33. The van der Waals surface area contributed by atoms with E-state index in [1.807, 2.05) is 0 Å². The van der Waals surface area contributed by atoms with Crippen molar-refractivity contribution < 1.29 is 4.79 Å². The third kappa shape index (κ3) is 3.72. The first-order valence-corrected chi connectivity index (χ1v) is 7.39. The van der Waals surface area contributed by atoms with Gasteiger partial charge in [-0.2, -0.15) is 5.10 Å². The molecule has 1 atom stereocenters. The molecular formula is C14H25N5O. The molecule has 0 aliphatic carbocycles. The normalized spacial score (nSPS) is 20.0. The van der Waals surface area contributed by atoms with Gasteiger partial charge in [0, 0.05) is 32.4 Å². The smallest absolute Gasteiger partial charge is 0.273 e. The average molecular weight is 279 g/mol. The van der Waals surface area contributed by atoms with E-state index in [0.717, 1.165) is 13.0 Å². The number of nitrogens with one attached hydrogen (secondary N) is 1. The Balaban J connectivity index is 1.70. The first-order chi connectivity index (χ1) is 9.58. The number of rotatable bonds is 5. The molecule has 1 amide bonds. The van der Waals surface area contributed by atoms with Gasteiger partial charge < -0.3 is 16.0 Å². The molecule has 6 heteroatoms. The Labute approximate surface area is 120 Å². The van der Waals surface area contributed by atoms with Crippen LogP contribution in [0.5, 0.6) is 0 Å². The summed E-state index contributed by atoms with van der Waals surface area (Å²) in [5.41, 5.74) is 6.47. The summed E-state index contributed by atoms with van der Waals surface area (Å²) in [6, 6.07) is 0.672. The molecule has 3 N–H and O–H groups in total. The SMILES string of the molecule is CC1CCCCN1CCCNC(=O)c1nn(C)cc1N. The predicted octanol–water partition coefficient (Wildman–Crippen LogP) is 0.997. The van der Waals surface area contributed by atoms with E-state index in [4.69, 9.17) is 5.73 Å². The number of carbonyl (C=O) groups is 1. The minimum atomic E-state index is -0.185. The van der Waals surface area contributed by atoms with Gasteiger partial charge in [0.1, 0.15) is 0 Å². The van der Waals surface area contributed by atoms with Gasteiger partial charge in [-0.15, -0.1) is 0 Å². The second kappa shape index (κ2) is 6.74. The maximum Gasteiger partial charge on any atom is 0.273 e. The largest absolute Gasteiger partial charge is 0.396 e. The number of hydrogen-bond donors (Lipinski definition) is 2. The molecule has 0 saturated carbocycles. The molecule has 1 fully saturated rings. The number of hydrogen-bond acceptors (Lipinski definition) is 4. The van der Waals surface area contributed by atoms with Gasteiger partial charge in [-0.05, 0) is 32.7 Å². The topological polar surface area (TPSA) is 76.2 Å². The molecule has 1 unspecified atom stereocenters. The van der Waals surface area contributed by atoms with Crippen LogP contribution in [0.1, 0.15) is 43.1 Å². The van der Waals surface area contributed by atoms with Crippen molar-refractivity contribution in [2.75, 3.05) is 25.4 Å². The lowest BCUT2D eigenvalue weighted by Crippen LogP contribution is -2.39. The number of nitrogen functional groups attached to an aromatic ring is 1. The number of piperidine rings is 1. The van der Waals surface area contributed by atoms with Crippen LogP contribution in [0.4, 0.5) is 5.69 Å². The second-order valence-corrected chi connectivity index (χ2v) is 5.60. The van der Waals surface area contributed by atoms with Gasteiger partial charge in [0.05, 0.1) is 5.69 Å². The Morgan fingerprint density at radius 2 is 2.35 bits per heavy atom. The van der Waals surface area contributed by atoms with Crippen LogP contribution in [0.3, 0.4) is 0 Å². The fraction of sp³-hybridized carbons (Fsp3) is 0.714. The van der Waals surface area contributed by atoms with Crippen LogP contribution in [-0.2, 0) is 7.05 Å². The third-order valence-corrected chi connectivity index (χ3v) is 3.92.